The molecule has 0 aromatic carbocycles. The van der Waals surface area contributed by atoms with Gasteiger partial charge in [-0.15, -0.1) is 0 Å². The number of nitrogens with one attached hydrogen (secondary N) is 1. The van der Waals surface area contributed by atoms with Gasteiger partial charge in [-0.1, -0.05) is 20.8 Å². The van der Waals surface area contributed by atoms with Crippen molar-refractivity contribution in [3.05, 3.63) is 0 Å². The number of hydrogen-bond donors (Lipinski definition) is 1. The second kappa shape index (κ2) is 5.95. The molecule has 0 aromatic heterocycles. The molecule has 1 saturated heterocycles. The molecule has 2 unspecified atom stereocenters. The molecule has 5 heteroatoms. The van der Waals surface area contributed by atoms with E-state index in [1.54, 1.807) is 16.7 Å². The number of rotatable bonds is 5. The van der Waals surface area contributed by atoms with E-state index in [0.717, 1.165) is 5.75 Å². The Morgan fingerprint density at radius 1 is 1.44 bits per heavy atom. The topological polar surface area (TPSA) is 49.4 Å². The van der Waals surface area contributed by atoms with E-state index < -0.39 is 5.54 Å². The molecule has 1 aliphatic heterocycles. The number of hydrogen-bond acceptors (Lipinski definition) is 3. The molecule has 0 radical (unpaired) electrons. The van der Waals surface area contributed by atoms with Crippen molar-refractivity contribution in [3.63, 3.8) is 0 Å². The minimum Gasteiger partial charge on any atom is -0.342 e. The molecular formula is C13H24N2O2S. The van der Waals surface area contributed by atoms with E-state index in [-0.39, 0.29) is 23.8 Å². The summed E-state index contributed by atoms with van der Waals surface area (Å²) in [5.41, 5.74) is -0.696. The molecule has 1 rings (SSSR count). The van der Waals surface area contributed by atoms with Crippen LogP contribution in [0.25, 0.3) is 0 Å². The summed E-state index contributed by atoms with van der Waals surface area (Å²) in [7, 11) is 0. The smallest absolute Gasteiger partial charge is 0.246 e. The first kappa shape index (κ1) is 15.3. The lowest BCUT2D eigenvalue weighted by Crippen LogP contribution is -2.70. The Morgan fingerprint density at radius 2 is 2.06 bits per heavy atom. The second-order valence-corrected chi connectivity index (χ2v) is 6.29. The van der Waals surface area contributed by atoms with Gasteiger partial charge in [0, 0.05) is 12.3 Å². The van der Waals surface area contributed by atoms with Crippen molar-refractivity contribution in [2.24, 2.45) is 5.92 Å². The van der Waals surface area contributed by atoms with Gasteiger partial charge in [0.25, 0.3) is 0 Å². The van der Waals surface area contributed by atoms with Crippen LogP contribution in [0.3, 0.4) is 0 Å². The van der Waals surface area contributed by atoms with Gasteiger partial charge in [-0.2, -0.15) is 11.8 Å². The molecule has 0 spiro atoms. The average molecular weight is 272 g/mol. The molecule has 0 aromatic rings. The molecule has 1 N–H and O–H groups in total. The normalized spacial score (nSPS) is 28.8. The summed E-state index contributed by atoms with van der Waals surface area (Å²) in [5, 5.41) is 2.88. The van der Waals surface area contributed by atoms with E-state index in [2.05, 4.69) is 5.32 Å². The summed E-state index contributed by atoms with van der Waals surface area (Å²) in [6, 6.07) is -0.376. The highest BCUT2D eigenvalue weighted by atomic mass is 32.2. The molecule has 0 saturated carbocycles. The van der Waals surface area contributed by atoms with Gasteiger partial charge in [0.15, 0.2) is 0 Å². The van der Waals surface area contributed by atoms with E-state index in [1.165, 1.54) is 0 Å². The summed E-state index contributed by atoms with van der Waals surface area (Å²) < 4.78 is 0. The van der Waals surface area contributed by atoms with Crippen LogP contribution in [-0.4, -0.2) is 46.8 Å². The minimum absolute atomic E-state index is 0.0237. The number of carbonyl (C=O) groups excluding carboxylic acids is 2. The van der Waals surface area contributed by atoms with Gasteiger partial charge in [0.2, 0.25) is 11.8 Å². The lowest BCUT2D eigenvalue weighted by Gasteiger charge is -2.46. The predicted octanol–water partition coefficient (Wildman–Crippen LogP) is 1.50. The zero-order valence-electron chi connectivity index (χ0n) is 11.9. The van der Waals surface area contributed by atoms with Crippen molar-refractivity contribution in [1.29, 1.82) is 0 Å². The molecular weight excluding hydrogens is 248 g/mol. The number of piperazine rings is 1. The van der Waals surface area contributed by atoms with E-state index in [1.807, 2.05) is 34.0 Å². The van der Waals surface area contributed by atoms with E-state index in [9.17, 15) is 9.59 Å². The fourth-order valence-electron chi connectivity index (χ4n) is 2.23. The molecule has 1 aliphatic rings. The number of nitrogens with zero attached hydrogens (tertiary/aromatic N) is 1. The van der Waals surface area contributed by atoms with Crippen molar-refractivity contribution >= 4 is 23.6 Å². The third-order valence-corrected chi connectivity index (χ3v) is 4.37. The van der Waals surface area contributed by atoms with Crippen molar-refractivity contribution < 1.29 is 9.59 Å². The van der Waals surface area contributed by atoms with Crippen LogP contribution >= 0.6 is 11.8 Å². The molecule has 4 nitrogen and oxygen atoms in total. The second-order valence-electron chi connectivity index (χ2n) is 5.31. The Kier molecular flexibility index (Phi) is 5.08. The predicted molar refractivity (Wildman–Crippen MR) is 75.6 cm³/mol. The SMILES string of the molecule is CCC1(C)C(=O)NC(C(C)C)C(=O)N1CCSC. The first-order valence-electron chi connectivity index (χ1n) is 6.49. The van der Waals surface area contributed by atoms with Crippen LogP contribution in [0.1, 0.15) is 34.1 Å². The Balaban J connectivity index is 3.01. The van der Waals surface area contributed by atoms with Crippen LogP contribution < -0.4 is 5.32 Å². The quantitative estimate of drug-likeness (QED) is 0.825. The molecule has 1 fully saturated rings. The van der Waals surface area contributed by atoms with Gasteiger partial charge in [0.1, 0.15) is 11.6 Å². The van der Waals surface area contributed by atoms with Gasteiger partial charge in [-0.25, -0.2) is 0 Å². The Labute approximate surface area is 114 Å². The molecule has 2 amide bonds. The van der Waals surface area contributed by atoms with Gasteiger partial charge in [0.05, 0.1) is 0 Å². The van der Waals surface area contributed by atoms with Crippen LogP contribution in [-0.2, 0) is 9.59 Å². The van der Waals surface area contributed by atoms with Crippen molar-refractivity contribution in [3.8, 4) is 0 Å². The lowest BCUT2D eigenvalue weighted by atomic mass is 9.88. The summed E-state index contributed by atoms with van der Waals surface area (Å²) in [6.07, 6.45) is 2.65. The summed E-state index contributed by atoms with van der Waals surface area (Å²) in [4.78, 5) is 26.5. The summed E-state index contributed by atoms with van der Waals surface area (Å²) in [6.45, 7) is 8.38. The third kappa shape index (κ3) is 2.66. The lowest BCUT2D eigenvalue weighted by molar-refractivity contribution is -0.157. The van der Waals surface area contributed by atoms with E-state index >= 15 is 0 Å². The average Bonchev–Trinajstić information content (AvgIpc) is 2.33. The maximum Gasteiger partial charge on any atom is 0.246 e. The Morgan fingerprint density at radius 3 is 2.50 bits per heavy atom. The van der Waals surface area contributed by atoms with Gasteiger partial charge >= 0.3 is 0 Å². The molecule has 18 heavy (non-hydrogen) atoms. The maximum absolute atomic E-state index is 12.5. The third-order valence-electron chi connectivity index (χ3n) is 3.78. The minimum atomic E-state index is -0.696. The number of carbonyl (C=O) groups is 2. The number of thioether (sulfide) groups is 1. The highest BCUT2D eigenvalue weighted by Crippen LogP contribution is 2.27. The van der Waals surface area contributed by atoms with Crippen LogP contribution in [0.15, 0.2) is 0 Å². The molecule has 2 atom stereocenters. The van der Waals surface area contributed by atoms with E-state index in [0.29, 0.717) is 13.0 Å². The molecule has 104 valence electrons. The highest BCUT2D eigenvalue weighted by molar-refractivity contribution is 7.98. The number of amides is 2. The largest absolute Gasteiger partial charge is 0.342 e. The van der Waals surface area contributed by atoms with Gasteiger partial charge in [-0.05, 0) is 25.5 Å². The van der Waals surface area contributed by atoms with Crippen molar-refractivity contribution in [2.45, 2.75) is 45.7 Å². The van der Waals surface area contributed by atoms with Gasteiger partial charge in [-0.3, -0.25) is 9.59 Å². The zero-order valence-corrected chi connectivity index (χ0v) is 12.8. The van der Waals surface area contributed by atoms with Crippen LogP contribution in [0.2, 0.25) is 0 Å². The van der Waals surface area contributed by atoms with E-state index in [4.69, 9.17) is 0 Å². The summed E-state index contributed by atoms with van der Waals surface area (Å²) in [5.74, 6) is 1.02. The van der Waals surface area contributed by atoms with Crippen molar-refractivity contribution in [1.82, 2.24) is 10.2 Å². The molecule has 1 heterocycles. The van der Waals surface area contributed by atoms with Crippen LogP contribution in [0.5, 0.6) is 0 Å². The summed E-state index contributed by atoms with van der Waals surface area (Å²) >= 11 is 1.69. The molecule has 0 bridgehead atoms. The van der Waals surface area contributed by atoms with Crippen LogP contribution in [0, 0.1) is 5.92 Å². The fraction of sp³-hybridized carbons (Fsp3) is 0.846. The standard InChI is InChI=1S/C13H24N2O2S/c1-6-13(4)12(17)14-10(9(2)3)11(16)15(13)7-8-18-5/h9-10H,6-8H2,1-5H3,(H,14,17). The first-order valence-corrected chi connectivity index (χ1v) is 7.89. The Hall–Kier alpha value is -0.710. The first-order chi connectivity index (χ1) is 8.38. The monoisotopic (exact) mass is 272 g/mol. The highest BCUT2D eigenvalue weighted by Gasteiger charge is 2.48. The van der Waals surface area contributed by atoms with Crippen molar-refractivity contribution in [2.75, 3.05) is 18.6 Å². The van der Waals surface area contributed by atoms with Gasteiger partial charge < -0.3 is 10.2 Å². The molecule has 0 aliphatic carbocycles. The Bertz CT molecular complexity index is 333. The maximum atomic E-state index is 12.5. The van der Waals surface area contributed by atoms with Crippen LogP contribution in [0.4, 0.5) is 0 Å². The fourth-order valence-corrected chi connectivity index (χ4v) is 2.60. The zero-order chi connectivity index (χ0) is 13.9.